The van der Waals surface area contributed by atoms with Crippen LogP contribution in [0.4, 0.5) is 0 Å². The molecular formula is C27H47N3O3Si. The van der Waals surface area contributed by atoms with Crippen molar-refractivity contribution in [3.63, 3.8) is 0 Å². The lowest BCUT2D eigenvalue weighted by Crippen LogP contribution is -2.58. The van der Waals surface area contributed by atoms with E-state index in [0.29, 0.717) is 29.9 Å². The van der Waals surface area contributed by atoms with Crippen molar-refractivity contribution >= 4 is 8.32 Å². The van der Waals surface area contributed by atoms with E-state index in [4.69, 9.17) is 14.7 Å². The number of hydrogen-bond acceptors (Lipinski definition) is 4. The van der Waals surface area contributed by atoms with Gasteiger partial charge in [-0.25, -0.2) is 0 Å². The summed E-state index contributed by atoms with van der Waals surface area (Å²) in [4.78, 5) is 3.02. The molecule has 0 aromatic carbocycles. The Morgan fingerprint density at radius 3 is 2.62 bits per heavy atom. The monoisotopic (exact) mass is 489 g/mol. The van der Waals surface area contributed by atoms with Crippen molar-refractivity contribution in [2.75, 3.05) is 6.54 Å². The second-order valence-corrected chi connectivity index (χ2v) is 18.6. The molecule has 34 heavy (non-hydrogen) atoms. The molecule has 192 valence electrons. The fourth-order valence-electron chi connectivity index (χ4n) is 10.00. The molecule has 11 atom stereocenters. The predicted molar refractivity (Wildman–Crippen MR) is 137 cm³/mol. The fraction of sp³-hybridized carbons (Fsp3) is 1.00. The molecule has 0 bridgehead atoms. The highest BCUT2D eigenvalue weighted by molar-refractivity contribution is 6.69. The van der Waals surface area contributed by atoms with E-state index in [-0.39, 0.29) is 23.2 Å². The van der Waals surface area contributed by atoms with Gasteiger partial charge in [0.1, 0.15) is 5.60 Å². The number of azide groups is 1. The third-order valence-corrected chi connectivity index (χ3v) is 12.4. The summed E-state index contributed by atoms with van der Waals surface area (Å²) >= 11 is 0. The van der Waals surface area contributed by atoms with Crippen LogP contribution in [-0.4, -0.2) is 43.9 Å². The quantitative estimate of drug-likeness (QED) is 0.142. The molecule has 7 unspecified atom stereocenters. The first-order chi connectivity index (χ1) is 15.9. The highest BCUT2D eigenvalue weighted by Crippen LogP contribution is 2.74. The minimum atomic E-state index is -1.70. The number of hydrogen-bond donors (Lipinski definition) is 1. The first kappa shape index (κ1) is 25.1. The van der Waals surface area contributed by atoms with Gasteiger partial charge in [-0.05, 0) is 112 Å². The molecular weight excluding hydrogens is 442 g/mol. The maximum absolute atomic E-state index is 10.4. The first-order valence-corrected chi connectivity index (χ1v) is 17.4. The highest BCUT2D eigenvalue weighted by atomic mass is 28.4. The number of nitrogens with zero attached hydrogens (tertiary/aromatic N) is 3. The van der Waals surface area contributed by atoms with Gasteiger partial charge in [0.2, 0.25) is 0 Å². The van der Waals surface area contributed by atoms with Crippen molar-refractivity contribution < 1.29 is 14.3 Å². The van der Waals surface area contributed by atoms with Crippen LogP contribution in [0.2, 0.25) is 19.6 Å². The molecule has 0 amide bonds. The molecule has 6 nitrogen and oxygen atoms in total. The van der Waals surface area contributed by atoms with E-state index < -0.39 is 8.32 Å². The molecule has 5 aliphatic rings. The average Bonchev–Trinajstić information content (AvgIpc) is 3.31. The lowest BCUT2D eigenvalue weighted by Gasteiger charge is -2.59. The van der Waals surface area contributed by atoms with Crippen LogP contribution in [0.1, 0.15) is 78.6 Å². The van der Waals surface area contributed by atoms with Gasteiger partial charge in [0.15, 0.2) is 8.32 Å². The Hall–Kier alpha value is -0.593. The summed E-state index contributed by atoms with van der Waals surface area (Å²) in [5.41, 5.74) is 9.51. The second kappa shape index (κ2) is 8.48. The second-order valence-electron chi connectivity index (χ2n) is 14.1. The van der Waals surface area contributed by atoms with Gasteiger partial charge in [-0.2, -0.15) is 0 Å². The van der Waals surface area contributed by atoms with Gasteiger partial charge in [0, 0.05) is 16.7 Å². The van der Waals surface area contributed by atoms with Crippen LogP contribution >= 0.6 is 0 Å². The Labute approximate surface area is 207 Å². The van der Waals surface area contributed by atoms with Gasteiger partial charge in [-0.1, -0.05) is 25.9 Å². The van der Waals surface area contributed by atoms with E-state index in [9.17, 15) is 5.11 Å². The van der Waals surface area contributed by atoms with Crippen LogP contribution in [0, 0.1) is 40.4 Å². The maximum Gasteiger partial charge on any atom is 0.184 e. The van der Waals surface area contributed by atoms with Gasteiger partial charge in [0.25, 0.3) is 0 Å². The van der Waals surface area contributed by atoms with Crippen molar-refractivity contribution in [3.8, 4) is 0 Å². The van der Waals surface area contributed by atoms with E-state index in [1.54, 1.807) is 0 Å². The molecule has 1 spiro atoms. The van der Waals surface area contributed by atoms with Gasteiger partial charge in [0.05, 0.1) is 24.9 Å². The summed E-state index contributed by atoms with van der Waals surface area (Å²) in [5.74, 6) is 3.60. The fourth-order valence-corrected chi connectivity index (χ4v) is 11.2. The smallest absolute Gasteiger partial charge is 0.184 e. The van der Waals surface area contributed by atoms with Crippen molar-refractivity contribution in [1.29, 1.82) is 0 Å². The van der Waals surface area contributed by atoms with Crippen LogP contribution in [0.5, 0.6) is 0 Å². The summed E-state index contributed by atoms with van der Waals surface area (Å²) in [5, 5.41) is 14.3. The van der Waals surface area contributed by atoms with Gasteiger partial charge >= 0.3 is 0 Å². The van der Waals surface area contributed by atoms with Gasteiger partial charge < -0.3 is 14.3 Å². The zero-order valence-corrected chi connectivity index (χ0v) is 23.3. The van der Waals surface area contributed by atoms with Gasteiger partial charge in [-0.15, -0.1) is 0 Å². The van der Waals surface area contributed by atoms with Crippen LogP contribution < -0.4 is 0 Å². The molecule has 1 heterocycles. The summed E-state index contributed by atoms with van der Waals surface area (Å²) in [7, 11) is -1.70. The number of aliphatic hydroxyl groups is 1. The predicted octanol–water partition coefficient (Wildman–Crippen LogP) is 6.69. The topological polar surface area (TPSA) is 90.8 Å². The van der Waals surface area contributed by atoms with Crippen LogP contribution in [0.15, 0.2) is 5.11 Å². The standard InChI is InChI=1S/C27H47N3O3Si/c1-17(13-19(16-29-30-28)33-34(4,5)6)21-7-8-22-20-14-24-27(32-24)15-18(31)9-12-26(27,3)23(20)10-11-25(21,22)2/h17-24,31H,7-16H2,1-6H3/t17-,18?,19-,20?,21?,22?,23?,24?,25+,26+,27?/m0/s1. The maximum atomic E-state index is 10.4. The molecule has 7 heteroatoms. The SMILES string of the molecule is C[C@@H](C[C@@H](CN=[N+]=[N-])O[Si](C)(C)C)C1CCC2C3CC4OC45CC(O)CC[C@]5(C)C3CC[C@@]21C. The summed E-state index contributed by atoms with van der Waals surface area (Å²) in [6.45, 7) is 14.7. The summed E-state index contributed by atoms with van der Waals surface area (Å²) in [6, 6.07) is 0. The zero-order valence-electron chi connectivity index (χ0n) is 22.3. The van der Waals surface area contributed by atoms with E-state index in [1.807, 2.05) is 0 Å². The minimum Gasteiger partial charge on any atom is -0.415 e. The first-order valence-electron chi connectivity index (χ1n) is 14.0. The number of epoxide rings is 1. The van der Waals surface area contributed by atoms with E-state index >= 15 is 0 Å². The largest absolute Gasteiger partial charge is 0.415 e. The summed E-state index contributed by atoms with van der Waals surface area (Å²) in [6.07, 6.45) is 10.7. The van der Waals surface area contributed by atoms with Crippen LogP contribution in [0.25, 0.3) is 10.4 Å². The van der Waals surface area contributed by atoms with Crippen molar-refractivity contribution in [2.45, 2.75) is 122 Å². The molecule has 0 aromatic heterocycles. The Balaban J connectivity index is 1.32. The van der Waals surface area contributed by atoms with Crippen LogP contribution in [-0.2, 0) is 9.16 Å². The summed E-state index contributed by atoms with van der Waals surface area (Å²) < 4.78 is 13.0. The van der Waals surface area contributed by atoms with Crippen molar-refractivity contribution in [3.05, 3.63) is 10.4 Å². The van der Waals surface area contributed by atoms with E-state index in [1.165, 1.54) is 32.1 Å². The average molecular weight is 490 g/mol. The Morgan fingerprint density at radius 1 is 1.15 bits per heavy atom. The number of ether oxygens (including phenoxy) is 1. The zero-order chi connectivity index (χ0) is 24.5. The number of fused-ring (bicyclic) bond motifs is 4. The number of aliphatic hydroxyl groups excluding tert-OH is 1. The Bertz CT molecular complexity index is 843. The lowest BCUT2D eigenvalue weighted by atomic mass is 9.44. The third kappa shape index (κ3) is 3.89. The molecule has 4 aliphatic carbocycles. The van der Waals surface area contributed by atoms with E-state index in [2.05, 4.69) is 50.4 Å². The third-order valence-electron chi connectivity index (χ3n) is 11.3. The number of rotatable bonds is 7. The minimum absolute atomic E-state index is 0.0203. The Kier molecular flexibility index (Phi) is 6.25. The highest BCUT2D eigenvalue weighted by Gasteiger charge is 2.76. The molecule has 5 fully saturated rings. The van der Waals surface area contributed by atoms with Crippen molar-refractivity contribution in [1.82, 2.24) is 0 Å². The molecule has 1 saturated heterocycles. The Morgan fingerprint density at radius 2 is 1.91 bits per heavy atom. The molecule has 1 aliphatic heterocycles. The van der Waals surface area contributed by atoms with E-state index in [0.717, 1.165) is 43.4 Å². The molecule has 0 aromatic rings. The van der Waals surface area contributed by atoms with Crippen molar-refractivity contribution in [2.24, 2.45) is 45.5 Å². The molecule has 4 saturated carbocycles. The van der Waals surface area contributed by atoms with Crippen LogP contribution in [0.3, 0.4) is 0 Å². The van der Waals surface area contributed by atoms with Gasteiger partial charge in [-0.3, -0.25) is 0 Å². The normalized spacial score (nSPS) is 49.0. The molecule has 1 N–H and O–H groups in total. The molecule has 0 radical (unpaired) electrons. The molecule has 5 rings (SSSR count). The lowest BCUT2D eigenvalue weighted by molar-refractivity contribution is -0.117.